The highest BCUT2D eigenvalue weighted by atomic mass is 16.5. The largest absolute Gasteiger partial charge is 0.484 e. The van der Waals surface area contributed by atoms with Gasteiger partial charge in [0.1, 0.15) is 11.4 Å². The quantitative estimate of drug-likeness (QED) is 0.696. The van der Waals surface area contributed by atoms with Gasteiger partial charge in [-0.15, -0.1) is 0 Å². The average molecular weight is 376 g/mol. The number of rotatable bonds is 4. The van der Waals surface area contributed by atoms with Crippen LogP contribution in [0.5, 0.6) is 5.75 Å². The van der Waals surface area contributed by atoms with E-state index in [4.69, 9.17) is 4.74 Å². The number of aromatic nitrogens is 2. The Morgan fingerprint density at radius 3 is 2.43 bits per heavy atom. The van der Waals surface area contributed by atoms with Crippen LogP contribution in [-0.2, 0) is 4.79 Å². The number of hydrogen-bond donors (Lipinski definition) is 0. The van der Waals surface area contributed by atoms with Crippen LogP contribution in [0, 0.1) is 0 Å². The van der Waals surface area contributed by atoms with Gasteiger partial charge in [-0.1, -0.05) is 30.3 Å². The number of hydrogen-bond acceptors (Lipinski definition) is 5. The highest BCUT2D eigenvalue weighted by Gasteiger charge is 2.25. The van der Waals surface area contributed by atoms with Gasteiger partial charge in [0.2, 0.25) is 0 Å². The smallest absolute Gasteiger partial charge is 0.274 e. The minimum atomic E-state index is -0.160. The van der Waals surface area contributed by atoms with E-state index in [2.05, 4.69) is 9.97 Å². The molecule has 142 valence electrons. The molecule has 0 bridgehead atoms. The Kier molecular flexibility index (Phi) is 5.14. The number of amides is 2. The topological polar surface area (TPSA) is 75.6 Å². The molecule has 0 saturated carbocycles. The van der Waals surface area contributed by atoms with Crippen LogP contribution >= 0.6 is 0 Å². The molecule has 1 saturated heterocycles. The standard InChI is InChI=1S/C21H20N4O3/c26-20(15-28-18-6-5-16-3-1-2-4-17(16)13-18)24-9-11-25(12-10-24)21(27)19-14-22-7-8-23-19/h1-8,13-14H,9-12,15H2. The second-order valence-electron chi connectivity index (χ2n) is 6.56. The summed E-state index contributed by atoms with van der Waals surface area (Å²) < 4.78 is 5.68. The third-order valence-electron chi connectivity index (χ3n) is 4.79. The van der Waals surface area contributed by atoms with Crippen LogP contribution in [0.4, 0.5) is 0 Å². The number of ether oxygens (including phenoxy) is 1. The summed E-state index contributed by atoms with van der Waals surface area (Å²) in [7, 11) is 0. The lowest BCUT2D eigenvalue weighted by molar-refractivity contribution is -0.134. The van der Waals surface area contributed by atoms with Crippen molar-refractivity contribution in [3.8, 4) is 5.75 Å². The molecule has 0 spiro atoms. The van der Waals surface area contributed by atoms with Gasteiger partial charge in [-0.3, -0.25) is 14.6 Å². The minimum absolute atomic E-state index is 0.0174. The summed E-state index contributed by atoms with van der Waals surface area (Å²) >= 11 is 0. The summed E-state index contributed by atoms with van der Waals surface area (Å²) in [5.41, 5.74) is 0.321. The molecular formula is C21H20N4O3. The number of carbonyl (C=O) groups excluding carboxylic acids is 2. The van der Waals surface area contributed by atoms with Crippen molar-refractivity contribution in [1.82, 2.24) is 19.8 Å². The van der Waals surface area contributed by atoms with Crippen LogP contribution in [-0.4, -0.2) is 64.4 Å². The Bertz CT molecular complexity index is 985. The molecule has 1 fully saturated rings. The minimum Gasteiger partial charge on any atom is -0.484 e. The predicted molar refractivity (Wildman–Crippen MR) is 104 cm³/mol. The van der Waals surface area contributed by atoms with E-state index in [0.29, 0.717) is 37.6 Å². The molecule has 2 aromatic carbocycles. The number of nitrogens with zero attached hydrogens (tertiary/aromatic N) is 4. The molecule has 1 aromatic heterocycles. The van der Waals surface area contributed by atoms with Gasteiger partial charge in [0.25, 0.3) is 11.8 Å². The third kappa shape index (κ3) is 3.93. The van der Waals surface area contributed by atoms with Crippen LogP contribution < -0.4 is 4.74 Å². The maximum Gasteiger partial charge on any atom is 0.274 e. The van der Waals surface area contributed by atoms with E-state index in [1.54, 1.807) is 9.80 Å². The first-order valence-electron chi connectivity index (χ1n) is 9.15. The van der Waals surface area contributed by atoms with Crippen molar-refractivity contribution in [2.45, 2.75) is 0 Å². The summed E-state index contributed by atoms with van der Waals surface area (Å²) in [5, 5.41) is 2.20. The van der Waals surface area contributed by atoms with Gasteiger partial charge in [-0.05, 0) is 22.9 Å². The van der Waals surface area contributed by atoms with Crippen molar-refractivity contribution in [2.75, 3.05) is 32.8 Å². The molecule has 4 rings (SSSR count). The second kappa shape index (κ2) is 8.04. The molecule has 0 aliphatic carbocycles. The van der Waals surface area contributed by atoms with Gasteiger partial charge in [-0.25, -0.2) is 4.98 Å². The number of benzene rings is 2. The fraction of sp³-hybridized carbons (Fsp3) is 0.238. The zero-order valence-electron chi connectivity index (χ0n) is 15.3. The van der Waals surface area contributed by atoms with E-state index in [1.165, 1.54) is 18.6 Å². The Labute approximate surface area is 162 Å². The van der Waals surface area contributed by atoms with Gasteiger partial charge in [0.15, 0.2) is 6.61 Å². The van der Waals surface area contributed by atoms with Crippen LogP contribution in [0.3, 0.4) is 0 Å². The lowest BCUT2D eigenvalue weighted by Gasteiger charge is -2.34. The summed E-state index contributed by atoms with van der Waals surface area (Å²) in [6, 6.07) is 13.8. The Balaban J connectivity index is 1.29. The summed E-state index contributed by atoms with van der Waals surface area (Å²) in [6.45, 7) is 1.88. The molecule has 0 unspecified atom stereocenters. The molecule has 0 atom stereocenters. The van der Waals surface area contributed by atoms with E-state index in [0.717, 1.165) is 10.8 Å². The first-order chi connectivity index (χ1) is 13.7. The highest BCUT2D eigenvalue weighted by molar-refractivity contribution is 5.92. The monoisotopic (exact) mass is 376 g/mol. The lowest BCUT2D eigenvalue weighted by Crippen LogP contribution is -2.51. The van der Waals surface area contributed by atoms with Gasteiger partial charge in [0, 0.05) is 38.6 Å². The SMILES string of the molecule is O=C(COc1ccc2ccccc2c1)N1CCN(C(=O)c2cnccn2)CC1. The Morgan fingerprint density at radius 2 is 1.68 bits per heavy atom. The predicted octanol–water partition coefficient (Wildman–Crippen LogP) is 1.99. The summed E-state index contributed by atoms with van der Waals surface area (Å²) in [6.07, 6.45) is 4.48. The maximum atomic E-state index is 12.5. The molecule has 2 amide bonds. The fourth-order valence-electron chi connectivity index (χ4n) is 3.22. The zero-order chi connectivity index (χ0) is 19.3. The van der Waals surface area contributed by atoms with Crippen molar-refractivity contribution < 1.29 is 14.3 Å². The molecular weight excluding hydrogens is 356 g/mol. The first kappa shape index (κ1) is 17.9. The second-order valence-corrected chi connectivity index (χ2v) is 6.56. The molecule has 1 aliphatic rings. The van der Waals surface area contributed by atoms with E-state index in [9.17, 15) is 9.59 Å². The van der Waals surface area contributed by atoms with Gasteiger partial charge in [0.05, 0.1) is 6.20 Å². The van der Waals surface area contributed by atoms with E-state index in [1.807, 2.05) is 42.5 Å². The molecule has 1 aliphatic heterocycles. The maximum absolute atomic E-state index is 12.5. The molecule has 0 radical (unpaired) electrons. The van der Waals surface area contributed by atoms with Crippen LogP contribution in [0.15, 0.2) is 61.1 Å². The van der Waals surface area contributed by atoms with E-state index >= 15 is 0 Å². The highest BCUT2D eigenvalue weighted by Crippen LogP contribution is 2.20. The van der Waals surface area contributed by atoms with Crippen molar-refractivity contribution in [3.05, 3.63) is 66.7 Å². The third-order valence-corrected chi connectivity index (χ3v) is 4.79. The number of fused-ring (bicyclic) bond motifs is 1. The number of carbonyl (C=O) groups is 2. The molecule has 28 heavy (non-hydrogen) atoms. The van der Waals surface area contributed by atoms with Gasteiger partial charge >= 0.3 is 0 Å². The zero-order valence-corrected chi connectivity index (χ0v) is 15.3. The molecule has 7 nitrogen and oxygen atoms in total. The number of piperazine rings is 1. The molecule has 0 N–H and O–H groups in total. The summed E-state index contributed by atoms with van der Waals surface area (Å²) in [4.78, 5) is 36.2. The lowest BCUT2D eigenvalue weighted by atomic mass is 10.1. The van der Waals surface area contributed by atoms with E-state index < -0.39 is 0 Å². The van der Waals surface area contributed by atoms with Crippen molar-refractivity contribution in [1.29, 1.82) is 0 Å². The molecule has 7 heteroatoms. The fourth-order valence-corrected chi connectivity index (χ4v) is 3.22. The molecule has 3 aromatic rings. The van der Waals surface area contributed by atoms with Crippen molar-refractivity contribution in [3.63, 3.8) is 0 Å². The van der Waals surface area contributed by atoms with Crippen molar-refractivity contribution in [2.24, 2.45) is 0 Å². The van der Waals surface area contributed by atoms with Crippen LogP contribution in [0.25, 0.3) is 10.8 Å². The first-order valence-corrected chi connectivity index (χ1v) is 9.15. The molecule has 2 heterocycles. The van der Waals surface area contributed by atoms with Crippen molar-refractivity contribution >= 4 is 22.6 Å². The Hall–Kier alpha value is -3.48. The Morgan fingerprint density at radius 1 is 0.929 bits per heavy atom. The van der Waals surface area contributed by atoms with Gasteiger partial charge in [-0.2, -0.15) is 0 Å². The normalized spacial score (nSPS) is 14.1. The van der Waals surface area contributed by atoms with E-state index in [-0.39, 0.29) is 18.4 Å². The average Bonchev–Trinajstić information content (AvgIpc) is 2.77. The van der Waals surface area contributed by atoms with Gasteiger partial charge < -0.3 is 14.5 Å². The summed E-state index contributed by atoms with van der Waals surface area (Å²) in [5.74, 6) is 0.427. The van der Waals surface area contributed by atoms with Crippen LogP contribution in [0.2, 0.25) is 0 Å². The van der Waals surface area contributed by atoms with Crippen LogP contribution in [0.1, 0.15) is 10.5 Å².